The molecule has 0 unspecified atom stereocenters. The summed E-state index contributed by atoms with van der Waals surface area (Å²) in [7, 11) is 0. The Morgan fingerprint density at radius 1 is 1.06 bits per heavy atom. The Labute approximate surface area is 109 Å². The van der Waals surface area contributed by atoms with E-state index in [0.29, 0.717) is 0 Å². The lowest BCUT2D eigenvalue weighted by Crippen LogP contribution is -2.19. The molecule has 0 amide bonds. The van der Waals surface area contributed by atoms with Gasteiger partial charge in [-0.25, -0.2) is 0 Å². The molecule has 3 heteroatoms. The molecule has 0 spiro atoms. The molecule has 2 rings (SSSR count). The van der Waals surface area contributed by atoms with Gasteiger partial charge in [0.2, 0.25) is 0 Å². The van der Waals surface area contributed by atoms with Crippen molar-refractivity contribution in [1.82, 2.24) is 5.32 Å². The summed E-state index contributed by atoms with van der Waals surface area (Å²) in [6, 6.07) is 8.67. The third-order valence-corrected chi connectivity index (χ3v) is 2.90. The Hall–Kier alpha value is -1.22. The Bertz CT molecular complexity index is 333. The van der Waals surface area contributed by atoms with Gasteiger partial charge in [-0.05, 0) is 56.5 Å². The average Bonchev–Trinajstić information content (AvgIpc) is 3.21. The Kier molecular flexibility index (Phi) is 5.34. The first-order valence-electron chi connectivity index (χ1n) is 6.97. The van der Waals surface area contributed by atoms with Crippen LogP contribution >= 0.6 is 0 Å². The first-order chi connectivity index (χ1) is 8.88. The van der Waals surface area contributed by atoms with Crippen LogP contribution in [0.25, 0.3) is 0 Å². The minimum atomic E-state index is 0.771. The van der Waals surface area contributed by atoms with Crippen molar-refractivity contribution in [1.29, 1.82) is 0 Å². The average molecular weight is 249 g/mol. The van der Waals surface area contributed by atoms with Crippen molar-refractivity contribution in [3.05, 3.63) is 24.3 Å². The summed E-state index contributed by atoms with van der Waals surface area (Å²) in [6.07, 6.45) is 4.79. The molecule has 100 valence electrons. The minimum absolute atomic E-state index is 0.771. The topological polar surface area (TPSA) is 30.5 Å². The van der Waals surface area contributed by atoms with E-state index in [-0.39, 0.29) is 0 Å². The highest BCUT2D eigenvalue weighted by molar-refractivity contribution is 5.31. The lowest BCUT2D eigenvalue weighted by molar-refractivity contribution is 0.303. The number of hydrogen-bond donors (Lipinski definition) is 1. The van der Waals surface area contributed by atoms with Gasteiger partial charge >= 0.3 is 0 Å². The van der Waals surface area contributed by atoms with E-state index in [9.17, 15) is 0 Å². The lowest BCUT2D eigenvalue weighted by atomic mass is 10.3. The van der Waals surface area contributed by atoms with Gasteiger partial charge < -0.3 is 14.8 Å². The molecule has 0 saturated heterocycles. The first kappa shape index (κ1) is 13.2. The van der Waals surface area contributed by atoms with Crippen LogP contribution in [0.3, 0.4) is 0 Å². The lowest BCUT2D eigenvalue weighted by Gasteiger charge is -2.08. The number of rotatable bonds is 9. The molecular formula is C15H23NO2. The molecule has 3 nitrogen and oxygen atoms in total. The van der Waals surface area contributed by atoms with E-state index in [1.54, 1.807) is 0 Å². The van der Waals surface area contributed by atoms with Crippen molar-refractivity contribution in [3.8, 4) is 11.5 Å². The zero-order valence-electron chi connectivity index (χ0n) is 11.2. The van der Waals surface area contributed by atoms with Gasteiger partial charge in [-0.1, -0.05) is 6.92 Å². The van der Waals surface area contributed by atoms with Gasteiger partial charge in [-0.3, -0.25) is 0 Å². The highest BCUT2D eigenvalue weighted by Gasteiger charge is 2.19. The first-order valence-corrected chi connectivity index (χ1v) is 6.97. The third-order valence-electron chi connectivity index (χ3n) is 2.90. The van der Waals surface area contributed by atoms with E-state index < -0.39 is 0 Å². The molecule has 1 aliphatic rings. The zero-order chi connectivity index (χ0) is 12.6. The fourth-order valence-corrected chi connectivity index (χ4v) is 1.71. The van der Waals surface area contributed by atoms with Crippen LogP contribution in [0.15, 0.2) is 24.3 Å². The van der Waals surface area contributed by atoms with Crippen LogP contribution < -0.4 is 14.8 Å². The quantitative estimate of drug-likeness (QED) is 0.682. The van der Waals surface area contributed by atoms with Crippen molar-refractivity contribution in [2.24, 2.45) is 0 Å². The second-order valence-corrected chi connectivity index (χ2v) is 4.75. The predicted octanol–water partition coefficient (Wildman–Crippen LogP) is 3.00. The Morgan fingerprint density at radius 2 is 1.67 bits per heavy atom. The van der Waals surface area contributed by atoms with Gasteiger partial charge in [0.1, 0.15) is 11.5 Å². The summed E-state index contributed by atoms with van der Waals surface area (Å²) in [5, 5.41) is 3.48. The monoisotopic (exact) mass is 249 g/mol. The Morgan fingerprint density at radius 3 is 2.22 bits per heavy atom. The molecule has 0 aromatic heterocycles. The van der Waals surface area contributed by atoms with Gasteiger partial charge in [0.25, 0.3) is 0 Å². The maximum absolute atomic E-state index is 5.67. The highest BCUT2D eigenvalue weighted by Crippen LogP contribution is 2.19. The van der Waals surface area contributed by atoms with Crippen LogP contribution in [0.4, 0.5) is 0 Å². The van der Waals surface area contributed by atoms with E-state index in [2.05, 4.69) is 12.2 Å². The number of benzene rings is 1. The van der Waals surface area contributed by atoms with E-state index in [1.807, 2.05) is 24.3 Å². The molecule has 1 aromatic carbocycles. The zero-order valence-corrected chi connectivity index (χ0v) is 11.2. The fraction of sp³-hybridized carbons (Fsp3) is 0.600. The smallest absolute Gasteiger partial charge is 0.119 e. The minimum Gasteiger partial charge on any atom is -0.494 e. The largest absolute Gasteiger partial charge is 0.494 e. The normalized spacial score (nSPS) is 14.5. The van der Waals surface area contributed by atoms with E-state index in [4.69, 9.17) is 9.47 Å². The number of ether oxygens (including phenoxy) is 2. The molecule has 1 saturated carbocycles. The number of hydrogen-bond acceptors (Lipinski definition) is 3. The van der Waals surface area contributed by atoms with Crippen LogP contribution in [-0.4, -0.2) is 25.8 Å². The summed E-state index contributed by atoms with van der Waals surface area (Å²) in [4.78, 5) is 0. The van der Waals surface area contributed by atoms with Crippen molar-refractivity contribution in [2.45, 2.75) is 38.6 Å². The van der Waals surface area contributed by atoms with E-state index in [0.717, 1.165) is 50.1 Å². The Balaban J connectivity index is 1.59. The highest BCUT2D eigenvalue weighted by atomic mass is 16.5. The third kappa shape index (κ3) is 4.96. The van der Waals surface area contributed by atoms with Crippen LogP contribution in [-0.2, 0) is 0 Å². The molecule has 1 aliphatic carbocycles. The van der Waals surface area contributed by atoms with Crippen LogP contribution in [0.5, 0.6) is 11.5 Å². The van der Waals surface area contributed by atoms with Gasteiger partial charge in [-0.2, -0.15) is 0 Å². The molecule has 0 aliphatic heterocycles. The van der Waals surface area contributed by atoms with Gasteiger partial charge in [0.05, 0.1) is 13.2 Å². The van der Waals surface area contributed by atoms with Crippen molar-refractivity contribution < 1.29 is 9.47 Å². The molecule has 1 N–H and O–H groups in total. The van der Waals surface area contributed by atoms with Crippen molar-refractivity contribution >= 4 is 0 Å². The summed E-state index contributed by atoms with van der Waals surface area (Å²) in [5.41, 5.74) is 0. The van der Waals surface area contributed by atoms with E-state index >= 15 is 0 Å². The van der Waals surface area contributed by atoms with Crippen LogP contribution in [0.1, 0.15) is 32.6 Å². The molecule has 0 bridgehead atoms. The molecule has 0 heterocycles. The van der Waals surface area contributed by atoms with Gasteiger partial charge in [-0.15, -0.1) is 0 Å². The van der Waals surface area contributed by atoms with Crippen LogP contribution in [0, 0.1) is 0 Å². The van der Waals surface area contributed by atoms with Crippen LogP contribution in [0.2, 0.25) is 0 Å². The standard InChI is InChI=1S/C15H23NO2/c1-2-11-17-14-6-8-15(9-7-14)18-12-3-10-16-13-4-5-13/h6-9,13,16H,2-5,10-12H2,1H3. The van der Waals surface area contributed by atoms with Crippen molar-refractivity contribution in [2.75, 3.05) is 19.8 Å². The summed E-state index contributed by atoms with van der Waals surface area (Å²) >= 11 is 0. The second kappa shape index (κ2) is 7.27. The summed E-state index contributed by atoms with van der Waals surface area (Å²) in [5.74, 6) is 1.84. The summed E-state index contributed by atoms with van der Waals surface area (Å²) < 4.78 is 11.2. The van der Waals surface area contributed by atoms with E-state index in [1.165, 1.54) is 12.8 Å². The fourth-order valence-electron chi connectivity index (χ4n) is 1.71. The maximum atomic E-state index is 5.67. The van der Waals surface area contributed by atoms with Gasteiger partial charge in [0, 0.05) is 6.04 Å². The molecular weight excluding hydrogens is 226 g/mol. The molecule has 0 radical (unpaired) electrons. The molecule has 0 atom stereocenters. The molecule has 1 aromatic rings. The molecule has 1 fully saturated rings. The SMILES string of the molecule is CCCOc1ccc(OCCCNC2CC2)cc1. The molecule has 18 heavy (non-hydrogen) atoms. The second-order valence-electron chi connectivity index (χ2n) is 4.75. The number of nitrogens with one attached hydrogen (secondary N) is 1. The predicted molar refractivity (Wildman–Crippen MR) is 73.4 cm³/mol. The summed E-state index contributed by atoms with van der Waals surface area (Å²) in [6.45, 7) is 4.71. The van der Waals surface area contributed by atoms with Gasteiger partial charge in [0.15, 0.2) is 0 Å². The van der Waals surface area contributed by atoms with Crippen molar-refractivity contribution in [3.63, 3.8) is 0 Å². The maximum Gasteiger partial charge on any atom is 0.119 e.